The number of piperidine rings is 1. The van der Waals surface area contributed by atoms with Crippen LogP contribution in [0.2, 0.25) is 0 Å². The highest BCUT2D eigenvalue weighted by atomic mass is 16.5. The molecule has 0 saturated carbocycles. The van der Waals surface area contributed by atoms with Gasteiger partial charge in [-0.15, -0.1) is 0 Å². The Kier molecular flexibility index (Phi) is 7.53. The summed E-state index contributed by atoms with van der Waals surface area (Å²) >= 11 is 0. The van der Waals surface area contributed by atoms with Gasteiger partial charge in [0.1, 0.15) is 5.75 Å². The number of nitrogens with zero attached hydrogens (tertiary/aromatic N) is 3. The molecule has 4 rings (SSSR count). The van der Waals surface area contributed by atoms with Gasteiger partial charge in [-0.2, -0.15) is 0 Å². The van der Waals surface area contributed by atoms with Crippen LogP contribution in [0, 0.1) is 0 Å². The number of hydrogen-bond donors (Lipinski definition) is 1. The number of amides is 1. The molecule has 1 atom stereocenters. The Morgan fingerprint density at radius 3 is 2.03 bits per heavy atom. The van der Waals surface area contributed by atoms with Crippen LogP contribution in [-0.4, -0.2) is 63.2 Å². The molecule has 2 aromatic rings. The van der Waals surface area contributed by atoms with Crippen molar-refractivity contribution in [1.82, 2.24) is 4.90 Å². The summed E-state index contributed by atoms with van der Waals surface area (Å²) in [6.07, 6.45) is 4.90. The predicted octanol–water partition coefficient (Wildman–Crippen LogP) is 4.22. The van der Waals surface area contributed by atoms with Crippen LogP contribution in [0.3, 0.4) is 0 Å². The highest BCUT2D eigenvalue weighted by Crippen LogP contribution is 2.23. The van der Waals surface area contributed by atoms with Crippen molar-refractivity contribution in [3.63, 3.8) is 0 Å². The van der Waals surface area contributed by atoms with Crippen LogP contribution >= 0.6 is 0 Å². The van der Waals surface area contributed by atoms with E-state index in [1.54, 1.807) is 7.11 Å². The number of rotatable bonds is 6. The third-order valence-electron chi connectivity index (χ3n) is 6.75. The zero-order chi connectivity index (χ0) is 22.3. The van der Waals surface area contributed by atoms with Crippen molar-refractivity contribution in [3.8, 4) is 5.75 Å². The molecule has 0 spiro atoms. The molecule has 172 valence electrons. The minimum absolute atomic E-state index is 0.0635. The van der Waals surface area contributed by atoms with Crippen LogP contribution in [-0.2, 0) is 4.79 Å². The summed E-state index contributed by atoms with van der Waals surface area (Å²) in [6, 6.07) is 16.4. The fourth-order valence-electron chi connectivity index (χ4n) is 4.70. The van der Waals surface area contributed by atoms with Crippen LogP contribution in [0.1, 0.15) is 32.6 Å². The van der Waals surface area contributed by atoms with Crippen LogP contribution in [0.15, 0.2) is 48.5 Å². The fourth-order valence-corrected chi connectivity index (χ4v) is 4.70. The number of benzene rings is 2. The van der Waals surface area contributed by atoms with Gasteiger partial charge in [-0.25, -0.2) is 0 Å². The number of hydrogen-bond acceptors (Lipinski definition) is 5. The zero-order valence-electron chi connectivity index (χ0n) is 19.4. The molecule has 6 nitrogen and oxygen atoms in total. The third kappa shape index (κ3) is 5.54. The molecule has 2 aliphatic rings. The van der Waals surface area contributed by atoms with Gasteiger partial charge in [-0.05, 0) is 81.1 Å². The summed E-state index contributed by atoms with van der Waals surface area (Å²) in [6.45, 7) is 7.98. The maximum absolute atomic E-state index is 12.9. The molecule has 2 aliphatic heterocycles. The van der Waals surface area contributed by atoms with E-state index in [9.17, 15) is 4.79 Å². The lowest BCUT2D eigenvalue weighted by molar-refractivity contribution is -0.120. The lowest BCUT2D eigenvalue weighted by Gasteiger charge is -2.29. The van der Waals surface area contributed by atoms with Crippen molar-refractivity contribution in [2.24, 2.45) is 0 Å². The Labute approximate surface area is 192 Å². The van der Waals surface area contributed by atoms with E-state index in [1.807, 2.05) is 31.2 Å². The van der Waals surface area contributed by atoms with Crippen LogP contribution in [0.25, 0.3) is 0 Å². The van der Waals surface area contributed by atoms with E-state index in [2.05, 4.69) is 44.3 Å². The molecule has 0 radical (unpaired) electrons. The number of nitrogens with one attached hydrogen (secondary N) is 1. The van der Waals surface area contributed by atoms with Crippen molar-refractivity contribution >= 4 is 23.0 Å². The first-order chi connectivity index (χ1) is 15.6. The normalized spacial score (nSPS) is 18.7. The number of methoxy groups -OCH3 is 1. The van der Waals surface area contributed by atoms with Crippen molar-refractivity contribution < 1.29 is 9.53 Å². The molecule has 32 heavy (non-hydrogen) atoms. The largest absolute Gasteiger partial charge is 0.497 e. The molecule has 1 amide bonds. The third-order valence-corrected chi connectivity index (χ3v) is 6.75. The number of carbonyl (C=O) groups excluding carboxylic acids is 1. The first-order valence-corrected chi connectivity index (χ1v) is 11.9. The standard InChI is InChI=1S/C26H36N4O2/c1-21(26(31)27-22-7-9-23(10-8-22)29-15-4-3-5-16-29)28-17-6-18-30(20-19-28)24-11-13-25(32-2)14-12-24/h7-14,21H,3-6,15-20H2,1-2H3,(H,27,31). The van der Waals surface area contributed by atoms with E-state index in [4.69, 9.17) is 4.74 Å². The maximum atomic E-state index is 12.9. The topological polar surface area (TPSA) is 48.1 Å². The number of ether oxygens (including phenoxy) is 1. The first kappa shape index (κ1) is 22.5. The second-order valence-corrected chi connectivity index (χ2v) is 8.83. The summed E-state index contributed by atoms with van der Waals surface area (Å²) in [7, 11) is 1.69. The highest BCUT2D eigenvalue weighted by molar-refractivity contribution is 5.94. The zero-order valence-corrected chi connectivity index (χ0v) is 19.4. The second kappa shape index (κ2) is 10.7. The summed E-state index contributed by atoms with van der Waals surface area (Å²) in [5.41, 5.74) is 3.33. The summed E-state index contributed by atoms with van der Waals surface area (Å²) < 4.78 is 5.27. The molecule has 1 N–H and O–H groups in total. The van der Waals surface area contributed by atoms with Gasteiger partial charge in [0.15, 0.2) is 0 Å². The maximum Gasteiger partial charge on any atom is 0.241 e. The number of anilines is 3. The summed E-state index contributed by atoms with van der Waals surface area (Å²) in [5.74, 6) is 0.938. The molecule has 2 saturated heterocycles. The lowest BCUT2D eigenvalue weighted by Crippen LogP contribution is -2.44. The monoisotopic (exact) mass is 436 g/mol. The number of carbonyl (C=O) groups is 1. The van der Waals surface area contributed by atoms with E-state index in [0.29, 0.717) is 0 Å². The van der Waals surface area contributed by atoms with Gasteiger partial charge < -0.3 is 19.9 Å². The molecule has 2 heterocycles. The minimum atomic E-state index is -0.160. The SMILES string of the molecule is COc1ccc(N2CCCN(C(C)C(=O)Nc3ccc(N4CCCCC4)cc3)CC2)cc1. The van der Waals surface area contributed by atoms with Crippen molar-refractivity contribution in [1.29, 1.82) is 0 Å². The first-order valence-electron chi connectivity index (χ1n) is 11.9. The van der Waals surface area contributed by atoms with Gasteiger partial charge in [0, 0.05) is 56.3 Å². The molecule has 0 bridgehead atoms. The van der Waals surface area contributed by atoms with Gasteiger partial charge in [-0.1, -0.05) is 0 Å². The van der Waals surface area contributed by atoms with Crippen molar-refractivity contribution in [2.75, 3.05) is 61.5 Å². The van der Waals surface area contributed by atoms with Gasteiger partial charge in [-0.3, -0.25) is 9.69 Å². The molecular weight excluding hydrogens is 400 g/mol. The van der Waals surface area contributed by atoms with Crippen LogP contribution < -0.4 is 19.9 Å². The smallest absolute Gasteiger partial charge is 0.241 e. The second-order valence-electron chi connectivity index (χ2n) is 8.83. The van der Waals surface area contributed by atoms with Gasteiger partial charge in [0.05, 0.1) is 13.2 Å². The average Bonchev–Trinajstić information content (AvgIpc) is 3.11. The van der Waals surface area contributed by atoms with Crippen LogP contribution in [0.4, 0.5) is 17.1 Å². The van der Waals surface area contributed by atoms with E-state index in [1.165, 1.54) is 30.6 Å². The minimum Gasteiger partial charge on any atom is -0.497 e. The van der Waals surface area contributed by atoms with E-state index in [-0.39, 0.29) is 11.9 Å². The Balaban J connectivity index is 1.30. The fraction of sp³-hybridized carbons (Fsp3) is 0.500. The molecule has 0 aromatic heterocycles. The Hall–Kier alpha value is -2.73. The Morgan fingerprint density at radius 2 is 1.38 bits per heavy atom. The molecule has 0 aliphatic carbocycles. The van der Waals surface area contributed by atoms with E-state index >= 15 is 0 Å². The molecule has 6 heteroatoms. The summed E-state index contributed by atoms with van der Waals surface area (Å²) in [5, 5.41) is 3.12. The van der Waals surface area contributed by atoms with Crippen LogP contribution in [0.5, 0.6) is 5.75 Å². The molecule has 1 unspecified atom stereocenters. The lowest BCUT2D eigenvalue weighted by atomic mass is 10.1. The quantitative estimate of drug-likeness (QED) is 0.735. The van der Waals surface area contributed by atoms with Crippen molar-refractivity contribution in [3.05, 3.63) is 48.5 Å². The average molecular weight is 437 g/mol. The highest BCUT2D eigenvalue weighted by Gasteiger charge is 2.24. The molecular formula is C26H36N4O2. The van der Waals surface area contributed by atoms with E-state index < -0.39 is 0 Å². The molecule has 2 fully saturated rings. The van der Waals surface area contributed by atoms with Gasteiger partial charge >= 0.3 is 0 Å². The van der Waals surface area contributed by atoms with Gasteiger partial charge in [0.2, 0.25) is 5.91 Å². The van der Waals surface area contributed by atoms with E-state index in [0.717, 1.165) is 57.1 Å². The Morgan fingerprint density at radius 1 is 0.781 bits per heavy atom. The Bertz CT molecular complexity index is 862. The molecule has 2 aromatic carbocycles. The summed E-state index contributed by atoms with van der Waals surface area (Å²) in [4.78, 5) is 20.1. The van der Waals surface area contributed by atoms with Gasteiger partial charge in [0.25, 0.3) is 0 Å². The predicted molar refractivity (Wildman–Crippen MR) is 132 cm³/mol. The van der Waals surface area contributed by atoms with Crippen molar-refractivity contribution in [2.45, 2.75) is 38.6 Å².